The Morgan fingerprint density at radius 1 is 0.958 bits per heavy atom. The van der Waals surface area contributed by atoms with E-state index in [4.69, 9.17) is 14.6 Å². The molecule has 0 saturated carbocycles. The molecule has 3 N–H and O–H groups in total. The minimum Gasteiger partial charge on any atom is -0.394 e. The summed E-state index contributed by atoms with van der Waals surface area (Å²) in [6.45, 7) is 2.59. The molecule has 1 fully saturated rings. The highest BCUT2D eigenvalue weighted by molar-refractivity contribution is 4.89. The van der Waals surface area contributed by atoms with Crippen LogP contribution in [0.15, 0.2) is 0 Å². The molecule has 4 atom stereocenters. The summed E-state index contributed by atoms with van der Waals surface area (Å²) in [5.74, 6) is 0. The van der Waals surface area contributed by atoms with Crippen LogP contribution in [0.1, 0.15) is 77.6 Å². The van der Waals surface area contributed by atoms with Crippen LogP contribution < -0.4 is 0 Å². The van der Waals surface area contributed by atoms with Gasteiger partial charge >= 0.3 is 0 Å². The highest BCUT2D eigenvalue weighted by atomic mass is 16.6. The maximum atomic E-state index is 9.84. The number of hydrogen-bond acceptors (Lipinski definition) is 5. The highest BCUT2D eigenvalue weighted by Gasteiger charge is 2.40. The first-order chi connectivity index (χ1) is 11.7. The van der Waals surface area contributed by atoms with Crippen molar-refractivity contribution < 1.29 is 24.8 Å². The van der Waals surface area contributed by atoms with Crippen LogP contribution in [0.3, 0.4) is 0 Å². The van der Waals surface area contributed by atoms with Crippen LogP contribution in [-0.4, -0.2) is 59.6 Å². The van der Waals surface area contributed by atoms with Gasteiger partial charge in [0.05, 0.1) is 13.2 Å². The molecule has 0 aromatic heterocycles. The highest BCUT2D eigenvalue weighted by Crippen LogP contribution is 2.21. The second kappa shape index (κ2) is 14.0. The Balaban J connectivity index is 1.94. The fourth-order valence-electron chi connectivity index (χ4n) is 3.24. The number of aliphatic hydroxyl groups excluding tert-OH is 3. The fourth-order valence-corrected chi connectivity index (χ4v) is 3.24. The molecule has 0 amide bonds. The van der Waals surface area contributed by atoms with Crippen LogP contribution in [0.4, 0.5) is 0 Å². The third kappa shape index (κ3) is 8.77. The zero-order valence-corrected chi connectivity index (χ0v) is 15.4. The van der Waals surface area contributed by atoms with E-state index in [-0.39, 0.29) is 13.2 Å². The van der Waals surface area contributed by atoms with Crippen LogP contribution in [0.25, 0.3) is 0 Å². The molecule has 1 aliphatic rings. The van der Waals surface area contributed by atoms with Gasteiger partial charge in [-0.15, -0.1) is 0 Å². The lowest BCUT2D eigenvalue weighted by atomic mass is 10.1. The molecule has 0 radical (unpaired) electrons. The predicted octanol–water partition coefficient (Wildman–Crippen LogP) is 2.80. The van der Waals surface area contributed by atoms with Gasteiger partial charge in [-0.3, -0.25) is 0 Å². The number of rotatable bonds is 15. The molecule has 5 nitrogen and oxygen atoms in total. The molecule has 5 heteroatoms. The van der Waals surface area contributed by atoms with Gasteiger partial charge in [0, 0.05) is 6.61 Å². The van der Waals surface area contributed by atoms with Gasteiger partial charge in [-0.25, -0.2) is 0 Å². The van der Waals surface area contributed by atoms with Crippen molar-refractivity contribution in [3.63, 3.8) is 0 Å². The smallest absolute Gasteiger partial charge is 0.114 e. The predicted molar refractivity (Wildman–Crippen MR) is 95.0 cm³/mol. The van der Waals surface area contributed by atoms with E-state index in [2.05, 4.69) is 6.92 Å². The summed E-state index contributed by atoms with van der Waals surface area (Å²) in [5.41, 5.74) is 0. The lowest BCUT2D eigenvalue weighted by Crippen LogP contribution is -2.42. The van der Waals surface area contributed by atoms with Gasteiger partial charge in [-0.2, -0.15) is 0 Å². The van der Waals surface area contributed by atoms with Gasteiger partial charge in [-0.05, 0) is 6.42 Å². The van der Waals surface area contributed by atoms with Gasteiger partial charge in [0.2, 0.25) is 0 Å². The largest absolute Gasteiger partial charge is 0.394 e. The van der Waals surface area contributed by atoms with Crippen LogP contribution >= 0.6 is 0 Å². The first kappa shape index (κ1) is 21.8. The maximum absolute atomic E-state index is 9.84. The van der Waals surface area contributed by atoms with Gasteiger partial charge in [-0.1, -0.05) is 71.1 Å². The lowest BCUT2D eigenvalue weighted by molar-refractivity contribution is -0.0938. The Bertz CT molecular complexity index is 287. The van der Waals surface area contributed by atoms with E-state index < -0.39 is 24.4 Å². The molecular weight excluding hydrogens is 308 g/mol. The molecule has 0 spiro atoms. The number of aliphatic hydroxyl groups is 3. The van der Waals surface area contributed by atoms with Crippen LogP contribution in [-0.2, 0) is 9.47 Å². The molecular formula is C19H38O5. The Morgan fingerprint density at radius 3 is 2.04 bits per heavy atom. The monoisotopic (exact) mass is 346 g/mol. The van der Waals surface area contributed by atoms with E-state index in [9.17, 15) is 10.2 Å². The van der Waals surface area contributed by atoms with E-state index in [0.29, 0.717) is 6.61 Å². The quantitative estimate of drug-likeness (QED) is 0.397. The molecule has 1 aliphatic heterocycles. The summed E-state index contributed by atoms with van der Waals surface area (Å²) in [6, 6.07) is 0. The number of ether oxygens (including phenoxy) is 2. The van der Waals surface area contributed by atoms with E-state index >= 15 is 0 Å². The lowest BCUT2D eigenvalue weighted by Gasteiger charge is -2.23. The maximum Gasteiger partial charge on any atom is 0.114 e. The van der Waals surface area contributed by atoms with E-state index in [1.165, 1.54) is 57.8 Å². The van der Waals surface area contributed by atoms with Crippen molar-refractivity contribution in [3.8, 4) is 0 Å². The molecule has 0 aliphatic carbocycles. The Morgan fingerprint density at radius 2 is 1.50 bits per heavy atom. The summed E-state index contributed by atoms with van der Waals surface area (Å²) >= 11 is 0. The van der Waals surface area contributed by atoms with Crippen molar-refractivity contribution in [1.29, 1.82) is 0 Å². The average Bonchev–Trinajstić information content (AvgIpc) is 2.96. The van der Waals surface area contributed by atoms with Gasteiger partial charge in [0.25, 0.3) is 0 Å². The fraction of sp³-hybridized carbons (Fsp3) is 1.00. The zero-order chi connectivity index (χ0) is 17.6. The molecule has 144 valence electrons. The molecule has 0 aromatic carbocycles. The molecule has 1 saturated heterocycles. The van der Waals surface area contributed by atoms with Crippen LogP contribution in [0, 0.1) is 0 Å². The first-order valence-electron chi connectivity index (χ1n) is 9.90. The number of unbranched alkanes of at least 4 members (excludes halogenated alkanes) is 10. The second-order valence-electron chi connectivity index (χ2n) is 6.99. The van der Waals surface area contributed by atoms with Crippen molar-refractivity contribution in [2.75, 3.05) is 19.8 Å². The van der Waals surface area contributed by atoms with Crippen molar-refractivity contribution in [2.45, 2.75) is 102 Å². The van der Waals surface area contributed by atoms with Crippen LogP contribution in [0.2, 0.25) is 0 Å². The minimum atomic E-state index is -0.996. The van der Waals surface area contributed by atoms with Gasteiger partial charge in [0.1, 0.15) is 24.4 Å². The molecule has 24 heavy (non-hydrogen) atoms. The first-order valence-corrected chi connectivity index (χ1v) is 9.90. The van der Waals surface area contributed by atoms with Crippen LogP contribution in [0.5, 0.6) is 0 Å². The molecule has 1 heterocycles. The van der Waals surface area contributed by atoms with Gasteiger partial charge in [0.15, 0.2) is 0 Å². The van der Waals surface area contributed by atoms with E-state index in [1.54, 1.807) is 0 Å². The summed E-state index contributed by atoms with van der Waals surface area (Å²) < 4.78 is 11.0. The summed E-state index contributed by atoms with van der Waals surface area (Å²) in [5, 5.41) is 28.5. The third-order valence-electron chi connectivity index (χ3n) is 4.79. The Hall–Kier alpha value is -0.200. The summed E-state index contributed by atoms with van der Waals surface area (Å²) in [7, 11) is 0. The average molecular weight is 347 g/mol. The zero-order valence-electron chi connectivity index (χ0n) is 15.4. The second-order valence-corrected chi connectivity index (χ2v) is 6.99. The molecule has 0 bridgehead atoms. The minimum absolute atomic E-state index is 0.157. The van der Waals surface area contributed by atoms with Crippen molar-refractivity contribution in [1.82, 2.24) is 0 Å². The topological polar surface area (TPSA) is 79.2 Å². The number of hydrogen-bond donors (Lipinski definition) is 3. The summed E-state index contributed by atoms with van der Waals surface area (Å²) in [6.07, 6.45) is 11.2. The van der Waals surface area contributed by atoms with Crippen molar-refractivity contribution in [3.05, 3.63) is 0 Å². The Labute approximate surface area is 147 Å². The van der Waals surface area contributed by atoms with E-state index in [0.717, 1.165) is 12.8 Å². The van der Waals surface area contributed by atoms with Crippen molar-refractivity contribution >= 4 is 0 Å². The Kier molecular flexibility index (Phi) is 12.8. The van der Waals surface area contributed by atoms with E-state index in [1.807, 2.05) is 0 Å². The SMILES string of the molecule is CCCCCCCCCCCCCO[C@@H]1[C@H]([C@H](O)CO)OC[C@@H]1O. The van der Waals surface area contributed by atoms with Crippen molar-refractivity contribution in [2.24, 2.45) is 0 Å². The molecule has 0 unspecified atom stereocenters. The molecule has 1 rings (SSSR count). The summed E-state index contributed by atoms with van der Waals surface area (Å²) in [4.78, 5) is 0. The normalized spacial score (nSPS) is 25.2. The standard InChI is InChI=1S/C19H38O5/c1-2-3-4-5-6-7-8-9-10-11-12-13-23-19-17(22)15-24-18(19)16(21)14-20/h16-22H,2-15H2,1H3/t16-,17+,18+,19+/m1/s1. The third-order valence-corrected chi connectivity index (χ3v) is 4.79. The van der Waals surface area contributed by atoms with Gasteiger partial charge < -0.3 is 24.8 Å². The molecule has 0 aromatic rings.